The van der Waals surface area contributed by atoms with Crippen molar-refractivity contribution in [2.45, 2.75) is 59.2 Å². The smallest absolute Gasteiger partial charge is 0.146 e. The van der Waals surface area contributed by atoms with Crippen LogP contribution >= 0.6 is 0 Å². The molecule has 0 heterocycles. The highest BCUT2D eigenvalue weighted by molar-refractivity contribution is 5.55. The van der Waals surface area contributed by atoms with Gasteiger partial charge in [-0.15, -0.1) is 0 Å². The van der Waals surface area contributed by atoms with E-state index in [1.54, 1.807) is 12.1 Å². The Morgan fingerprint density at radius 2 is 1.95 bits per heavy atom. The normalized spacial score (nSPS) is 12.8. The Balaban J connectivity index is 2.96. The number of nitrogens with one attached hydrogen (secondary N) is 1. The molecule has 0 radical (unpaired) electrons. The molecule has 0 aromatic heterocycles. The summed E-state index contributed by atoms with van der Waals surface area (Å²) >= 11 is 0. The first-order valence-corrected chi connectivity index (χ1v) is 7.21. The lowest BCUT2D eigenvalue weighted by molar-refractivity contribution is 0.562. The van der Waals surface area contributed by atoms with Gasteiger partial charge in [-0.05, 0) is 25.0 Å². The topological polar surface area (TPSA) is 15.3 Å². The number of rotatable bonds is 7. The van der Waals surface area contributed by atoms with Crippen molar-refractivity contribution in [3.63, 3.8) is 0 Å². The highest BCUT2D eigenvalue weighted by atomic mass is 19.1. The standard InChI is InChI=1S/C16H27FN2/c1-6-8-13(4)19(5)16-14(11-18-12(2)3)9-7-10-15(16)17/h7,9-10,12-13,18H,6,8,11H2,1-5H3. The average molecular weight is 266 g/mol. The Labute approximate surface area is 117 Å². The molecule has 1 N–H and O–H groups in total. The Morgan fingerprint density at radius 1 is 1.26 bits per heavy atom. The predicted molar refractivity (Wildman–Crippen MR) is 81.1 cm³/mol. The van der Waals surface area contributed by atoms with Crippen molar-refractivity contribution in [1.82, 2.24) is 5.32 Å². The van der Waals surface area contributed by atoms with E-state index in [2.05, 4.69) is 37.9 Å². The van der Waals surface area contributed by atoms with Gasteiger partial charge in [0.05, 0.1) is 5.69 Å². The summed E-state index contributed by atoms with van der Waals surface area (Å²) in [6.07, 6.45) is 2.18. The molecule has 1 unspecified atom stereocenters. The summed E-state index contributed by atoms with van der Waals surface area (Å²) in [6.45, 7) is 9.21. The molecular formula is C16H27FN2. The molecule has 0 spiro atoms. The quantitative estimate of drug-likeness (QED) is 0.804. The molecule has 1 rings (SSSR count). The van der Waals surface area contributed by atoms with E-state index in [1.807, 2.05) is 13.1 Å². The zero-order valence-electron chi connectivity index (χ0n) is 12.8. The molecule has 19 heavy (non-hydrogen) atoms. The van der Waals surface area contributed by atoms with Gasteiger partial charge in [-0.2, -0.15) is 0 Å². The fourth-order valence-electron chi connectivity index (χ4n) is 2.24. The van der Waals surface area contributed by atoms with E-state index in [0.717, 1.165) is 24.1 Å². The fourth-order valence-corrected chi connectivity index (χ4v) is 2.24. The summed E-state index contributed by atoms with van der Waals surface area (Å²) in [7, 11) is 1.98. The minimum absolute atomic E-state index is 0.131. The molecule has 1 aromatic carbocycles. The van der Waals surface area contributed by atoms with Gasteiger partial charge in [0.1, 0.15) is 5.82 Å². The molecule has 0 saturated carbocycles. The van der Waals surface area contributed by atoms with Crippen LogP contribution in [0.4, 0.5) is 10.1 Å². The summed E-state index contributed by atoms with van der Waals surface area (Å²) < 4.78 is 14.2. The van der Waals surface area contributed by atoms with Crippen molar-refractivity contribution in [3.05, 3.63) is 29.6 Å². The Bertz CT molecular complexity index is 390. The third-order valence-electron chi connectivity index (χ3n) is 3.49. The summed E-state index contributed by atoms with van der Waals surface area (Å²) in [5.41, 5.74) is 1.76. The van der Waals surface area contributed by atoms with E-state index >= 15 is 0 Å². The number of hydrogen-bond donors (Lipinski definition) is 1. The zero-order valence-corrected chi connectivity index (χ0v) is 12.8. The van der Waals surface area contributed by atoms with Gasteiger partial charge >= 0.3 is 0 Å². The third-order valence-corrected chi connectivity index (χ3v) is 3.49. The van der Waals surface area contributed by atoms with Crippen LogP contribution in [0, 0.1) is 5.82 Å². The molecule has 0 aliphatic carbocycles. The van der Waals surface area contributed by atoms with E-state index < -0.39 is 0 Å². The van der Waals surface area contributed by atoms with Gasteiger partial charge < -0.3 is 10.2 Å². The highest BCUT2D eigenvalue weighted by Crippen LogP contribution is 2.26. The number of nitrogens with zero attached hydrogens (tertiary/aromatic N) is 1. The van der Waals surface area contributed by atoms with Gasteiger partial charge in [0.15, 0.2) is 0 Å². The number of halogens is 1. The molecule has 0 aliphatic rings. The van der Waals surface area contributed by atoms with Crippen LogP contribution in [-0.4, -0.2) is 19.1 Å². The van der Waals surface area contributed by atoms with Crippen LogP contribution in [0.25, 0.3) is 0 Å². The lowest BCUT2D eigenvalue weighted by atomic mass is 10.1. The summed E-state index contributed by atoms with van der Waals surface area (Å²) in [5.74, 6) is -0.131. The lowest BCUT2D eigenvalue weighted by Crippen LogP contribution is -2.31. The molecule has 1 aromatic rings. The average Bonchev–Trinajstić information content (AvgIpc) is 2.35. The SMILES string of the molecule is CCCC(C)N(C)c1c(F)cccc1CNC(C)C. The maximum atomic E-state index is 14.2. The first kappa shape index (κ1) is 16.0. The van der Waals surface area contributed by atoms with E-state index in [9.17, 15) is 4.39 Å². The van der Waals surface area contributed by atoms with E-state index in [4.69, 9.17) is 0 Å². The maximum absolute atomic E-state index is 14.2. The second-order valence-corrected chi connectivity index (χ2v) is 5.53. The van der Waals surface area contributed by atoms with Crippen molar-refractivity contribution >= 4 is 5.69 Å². The largest absolute Gasteiger partial charge is 0.369 e. The second-order valence-electron chi connectivity index (χ2n) is 5.53. The predicted octanol–water partition coefficient (Wildman–Crippen LogP) is 3.95. The summed E-state index contributed by atoms with van der Waals surface area (Å²) in [4.78, 5) is 2.07. The number of benzene rings is 1. The van der Waals surface area contributed by atoms with Crippen molar-refractivity contribution in [2.24, 2.45) is 0 Å². The van der Waals surface area contributed by atoms with Gasteiger partial charge in [-0.1, -0.05) is 39.3 Å². The number of para-hydroxylation sites is 1. The third kappa shape index (κ3) is 4.50. The molecule has 0 fully saturated rings. The minimum Gasteiger partial charge on any atom is -0.369 e. The van der Waals surface area contributed by atoms with Crippen LogP contribution in [0.2, 0.25) is 0 Å². The first-order valence-electron chi connectivity index (χ1n) is 7.21. The van der Waals surface area contributed by atoms with E-state index in [0.29, 0.717) is 18.6 Å². The van der Waals surface area contributed by atoms with E-state index in [-0.39, 0.29) is 5.82 Å². The molecular weight excluding hydrogens is 239 g/mol. The van der Waals surface area contributed by atoms with Crippen LogP contribution < -0.4 is 10.2 Å². The summed E-state index contributed by atoms with van der Waals surface area (Å²) in [6, 6.07) is 6.08. The van der Waals surface area contributed by atoms with Crippen molar-refractivity contribution in [2.75, 3.05) is 11.9 Å². The molecule has 0 bridgehead atoms. The van der Waals surface area contributed by atoms with Crippen molar-refractivity contribution in [3.8, 4) is 0 Å². The van der Waals surface area contributed by atoms with Crippen LogP contribution in [0.3, 0.4) is 0 Å². The van der Waals surface area contributed by atoms with Crippen molar-refractivity contribution in [1.29, 1.82) is 0 Å². The van der Waals surface area contributed by atoms with Crippen molar-refractivity contribution < 1.29 is 4.39 Å². The minimum atomic E-state index is -0.131. The van der Waals surface area contributed by atoms with Crippen LogP contribution in [-0.2, 0) is 6.54 Å². The van der Waals surface area contributed by atoms with Gasteiger partial charge in [0.25, 0.3) is 0 Å². The summed E-state index contributed by atoms with van der Waals surface area (Å²) in [5, 5.41) is 3.36. The Morgan fingerprint density at radius 3 is 2.53 bits per heavy atom. The van der Waals surface area contributed by atoms with Crippen LogP contribution in [0.1, 0.15) is 46.1 Å². The molecule has 0 aliphatic heterocycles. The van der Waals surface area contributed by atoms with Gasteiger partial charge in [-0.3, -0.25) is 0 Å². The Kier molecular flexibility index (Phi) is 6.29. The molecule has 3 heteroatoms. The zero-order chi connectivity index (χ0) is 14.4. The van der Waals surface area contributed by atoms with Gasteiger partial charge in [0.2, 0.25) is 0 Å². The second kappa shape index (κ2) is 7.49. The van der Waals surface area contributed by atoms with Crippen LogP contribution in [0.15, 0.2) is 18.2 Å². The molecule has 0 amide bonds. The Hall–Kier alpha value is -1.09. The number of anilines is 1. The molecule has 1 atom stereocenters. The van der Waals surface area contributed by atoms with Gasteiger partial charge in [-0.25, -0.2) is 4.39 Å². The monoisotopic (exact) mass is 266 g/mol. The highest BCUT2D eigenvalue weighted by Gasteiger charge is 2.17. The number of hydrogen-bond acceptors (Lipinski definition) is 2. The van der Waals surface area contributed by atoms with Crippen LogP contribution in [0.5, 0.6) is 0 Å². The molecule has 2 nitrogen and oxygen atoms in total. The molecule has 0 saturated heterocycles. The first-order chi connectivity index (χ1) is 8.97. The van der Waals surface area contributed by atoms with E-state index in [1.165, 1.54) is 0 Å². The molecule has 108 valence electrons. The fraction of sp³-hybridized carbons (Fsp3) is 0.625. The lowest BCUT2D eigenvalue weighted by Gasteiger charge is -2.29. The maximum Gasteiger partial charge on any atom is 0.146 e. The van der Waals surface area contributed by atoms with Gasteiger partial charge in [0, 0.05) is 25.7 Å².